The quantitative estimate of drug-likeness (QED) is 0.702. The Balaban J connectivity index is 2.33. The first kappa shape index (κ1) is 14.1. The van der Waals surface area contributed by atoms with Gasteiger partial charge in [-0.1, -0.05) is 46.8 Å². The van der Waals surface area contributed by atoms with Crippen LogP contribution in [-0.2, 0) is 0 Å². The van der Waals surface area contributed by atoms with Gasteiger partial charge < -0.3 is 5.32 Å². The summed E-state index contributed by atoms with van der Waals surface area (Å²) >= 11 is 0. The highest BCUT2D eigenvalue weighted by atomic mass is 14.9. The van der Waals surface area contributed by atoms with Crippen molar-refractivity contribution in [3.05, 3.63) is 29.8 Å². The molecule has 0 bridgehead atoms. The SMILES string of the molecule is CC(C)c1ccc(NCCCC(C)(C)C)cc1. The second-order valence-corrected chi connectivity index (χ2v) is 6.37. The van der Waals surface area contributed by atoms with Crippen LogP contribution in [0.25, 0.3) is 0 Å². The molecule has 96 valence electrons. The lowest BCUT2D eigenvalue weighted by Crippen LogP contribution is -2.09. The van der Waals surface area contributed by atoms with E-state index in [2.05, 4.69) is 64.2 Å². The number of nitrogens with one attached hydrogen (secondary N) is 1. The maximum Gasteiger partial charge on any atom is 0.0340 e. The van der Waals surface area contributed by atoms with Gasteiger partial charge in [0.2, 0.25) is 0 Å². The average Bonchev–Trinajstić information content (AvgIpc) is 2.24. The molecule has 1 aromatic rings. The van der Waals surface area contributed by atoms with E-state index in [4.69, 9.17) is 0 Å². The molecule has 1 aromatic carbocycles. The summed E-state index contributed by atoms with van der Waals surface area (Å²) in [5.41, 5.74) is 3.09. The minimum atomic E-state index is 0.448. The van der Waals surface area contributed by atoms with Gasteiger partial charge in [0.15, 0.2) is 0 Å². The molecule has 0 spiro atoms. The predicted molar refractivity (Wildman–Crippen MR) is 77.7 cm³/mol. The summed E-state index contributed by atoms with van der Waals surface area (Å²) in [5.74, 6) is 0.616. The molecule has 0 fully saturated rings. The molecule has 0 amide bonds. The van der Waals surface area contributed by atoms with E-state index in [1.54, 1.807) is 0 Å². The number of anilines is 1. The van der Waals surface area contributed by atoms with E-state index in [0.29, 0.717) is 11.3 Å². The largest absolute Gasteiger partial charge is 0.385 e. The molecular formula is C16H27N. The van der Waals surface area contributed by atoms with Gasteiger partial charge in [0.1, 0.15) is 0 Å². The van der Waals surface area contributed by atoms with Crippen LogP contribution >= 0.6 is 0 Å². The van der Waals surface area contributed by atoms with Gasteiger partial charge >= 0.3 is 0 Å². The Labute approximate surface area is 107 Å². The summed E-state index contributed by atoms with van der Waals surface area (Å²) in [5, 5.41) is 3.48. The number of benzene rings is 1. The Morgan fingerprint density at radius 2 is 1.65 bits per heavy atom. The minimum Gasteiger partial charge on any atom is -0.385 e. The molecular weight excluding hydrogens is 206 g/mol. The summed E-state index contributed by atoms with van der Waals surface area (Å²) in [4.78, 5) is 0. The van der Waals surface area contributed by atoms with Crippen LogP contribution in [0.4, 0.5) is 5.69 Å². The molecule has 1 heteroatoms. The first-order valence-electron chi connectivity index (χ1n) is 6.72. The van der Waals surface area contributed by atoms with E-state index in [1.165, 1.54) is 24.1 Å². The molecule has 0 radical (unpaired) electrons. The second kappa shape index (κ2) is 6.09. The zero-order valence-electron chi connectivity index (χ0n) is 12.0. The fraction of sp³-hybridized carbons (Fsp3) is 0.625. The maximum absolute atomic E-state index is 3.48. The summed E-state index contributed by atoms with van der Waals surface area (Å²) in [6, 6.07) is 8.81. The van der Waals surface area contributed by atoms with Crippen LogP contribution in [0.15, 0.2) is 24.3 Å². The Morgan fingerprint density at radius 3 is 2.12 bits per heavy atom. The predicted octanol–water partition coefficient (Wildman–Crippen LogP) is 5.05. The first-order valence-corrected chi connectivity index (χ1v) is 6.72. The molecule has 0 aliphatic heterocycles. The monoisotopic (exact) mass is 233 g/mol. The van der Waals surface area contributed by atoms with Crippen molar-refractivity contribution in [3.63, 3.8) is 0 Å². The normalized spacial score (nSPS) is 11.9. The molecule has 0 unspecified atom stereocenters. The molecule has 0 saturated carbocycles. The van der Waals surface area contributed by atoms with Crippen molar-refractivity contribution in [2.45, 2.75) is 53.4 Å². The second-order valence-electron chi connectivity index (χ2n) is 6.37. The molecule has 1 rings (SSSR count). The molecule has 0 saturated heterocycles. The van der Waals surface area contributed by atoms with Gasteiger partial charge in [-0.25, -0.2) is 0 Å². The summed E-state index contributed by atoms with van der Waals surface area (Å²) in [6.07, 6.45) is 2.50. The third-order valence-electron chi connectivity index (χ3n) is 3.01. The highest BCUT2D eigenvalue weighted by Crippen LogP contribution is 2.21. The summed E-state index contributed by atoms with van der Waals surface area (Å²) < 4.78 is 0. The molecule has 0 aliphatic rings. The zero-order chi connectivity index (χ0) is 12.9. The zero-order valence-corrected chi connectivity index (χ0v) is 12.0. The lowest BCUT2D eigenvalue weighted by Gasteiger charge is -2.18. The van der Waals surface area contributed by atoms with Gasteiger partial charge in [0, 0.05) is 12.2 Å². The summed E-state index contributed by atoms with van der Waals surface area (Å²) in [6.45, 7) is 12.4. The van der Waals surface area contributed by atoms with Crippen LogP contribution in [0.1, 0.15) is 58.9 Å². The molecule has 0 heterocycles. The fourth-order valence-corrected chi connectivity index (χ4v) is 1.84. The highest BCUT2D eigenvalue weighted by molar-refractivity contribution is 5.44. The topological polar surface area (TPSA) is 12.0 Å². The highest BCUT2D eigenvalue weighted by Gasteiger charge is 2.08. The molecule has 17 heavy (non-hydrogen) atoms. The van der Waals surface area contributed by atoms with Crippen LogP contribution in [0.3, 0.4) is 0 Å². The molecule has 0 atom stereocenters. The van der Waals surface area contributed by atoms with E-state index < -0.39 is 0 Å². The van der Waals surface area contributed by atoms with Gasteiger partial charge in [-0.15, -0.1) is 0 Å². The molecule has 1 N–H and O–H groups in total. The Bertz CT molecular complexity index is 316. The van der Waals surface area contributed by atoms with E-state index in [9.17, 15) is 0 Å². The van der Waals surface area contributed by atoms with E-state index in [1.807, 2.05) is 0 Å². The van der Waals surface area contributed by atoms with Crippen molar-refractivity contribution in [2.75, 3.05) is 11.9 Å². The fourth-order valence-electron chi connectivity index (χ4n) is 1.84. The van der Waals surface area contributed by atoms with Gasteiger partial charge in [0.05, 0.1) is 0 Å². The van der Waals surface area contributed by atoms with Crippen molar-refractivity contribution in [3.8, 4) is 0 Å². The van der Waals surface area contributed by atoms with Crippen LogP contribution < -0.4 is 5.32 Å². The number of hydrogen-bond donors (Lipinski definition) is 1. The third-order valence-corrected chi connectivity index (χ3v) is 3.01. The molecule has 0 aromatic heterocycles. The first-order chi connectivity index (χ1) is 7.88. The summed E-state index contributed by atoms with van der Waals surface area (Å²) in [7, 11) is 0. The lowest BCUT2D eigenvalue weighted by molar-refractivity contribution is 0.370. The van der Waals surface area contributed by atoms with Gasteiger partial charge in [-0.2, -0.15) is 0 Å². The molecule has 0 aliphatic carbocycles. The van der Waals surface area contributed by atoms with E-state index in [0.717, 1.165) is 6.54 Å². The average molecular weight is 233 g/mol. The molecule has 1 nitrogen and oxygen atoms in total. The van der Waals surface area contributed by atoms with Crippen LogP contribution in [0.2, 0.25) is 0 Å². The Morgan fingerprint density at radius 1 is 1.06 bits per heavy atom. The lowest BCUT2D eigenvalue weighted by atomic mass is 9.91. The standard InChI is InChI=1S/C16H27N/c1-13(2)14-7-9-15(10-8-14)17-12-6-11-16(3,4)5/h7-10,13,17H,6,11-12H2,1-5H3. The van der Waals surface area contributed by atoms with E-state index >= 15 is 0 Å². The van der Waals surface area contributed by atoms with Crippen molar-refractivity contribution in [2.24, 2.45) is 5.41 Å². The van der Waals surface area contributed by atoms with Crippen LogP contribution in [-0.4, -0.2) is 6.54 Å². The van der Waals surface area contributed by atoms with Crippen molar-refractivity contribution < 1.29 is 0 Å². The Hall–Kier alpha value is -0.980. The minimum absolute atomic E-state index is 0.448. The smallest absolute Gasteiger partial charge is 0.0340 e. The number of rotatable bonds is 5. The van der Waals surface area contributed by atoms with Gasteiger partial charge in [0.25, 0.3) is 0 Å². The van der Waals surface area contributed by atoms with Crippen molar-refractivity contribution in [1.82, 2.24) is 0 Å². The third kappa shape index (κ3) is 5.76. The van der Waals surface area contributed by atoms with Crippen LogP contribution in [0.5, 0.6) is 0 Å². The van der Waals surface area contributed by atoms with Crippen LogP contribution in [0, 0.1) is 5.41 Å². The number of hydrogen-bond acceptors (Lipinski definition) is 1. The Kier molecular flexibility index (Phi) is 5.04. The van der Waals surface area contributed by atoms with E-state index in [-0.39, 0.29) is 0 Å². The maximum atomic E-state index is 3.48. The van der Waals surface area contributed by atoms with Gasteiger partial charge in [-0.3, -0.25) is 0 Å². The van der Waals surface area contributed by atoms with Gasteiger partial charge in [-0.05, 0) is 41.9 Å². The van der Waals surface area contributed by atoms with Crippen molar-refractivity contribution >= 4 is 5.69 Å². The van der Waals surface area contributed by atoms with Crippen molar-refractivity contribution in [1.29, 1.82) is 0 Å².